The molecule has 5 heteroatoms. The Labute approximate surface area is 101 Å². The van der Waals surface area contributed by atoms with Gasteiger partial charge in [0.25, 0.3) is 0 Å². The van der Waals surface area contributed by atoms with E-state index in [1.807, 2.05) is 4.90 Å². The largest absolute Gasteiger partial charge is 0.481 e. The number of hydrogen-bond acceptors (Lipinski definition) is 3. The molecule has 2 aliphatic rings. The quantitative estimate of drug-likeness (QED) is 0.793. The summed E-state index contributed by atoms with van der Waals surface area (Å²) in [7, 11) is 0. The number of hydrogen-bond donors (Lipinski definition) is 1. The second-order valence-corrected chi connectivity index (χ2v) is 4.82. The van der Waals surface area contributed by atoms with E-state index in [4.69, 9.17) is 9.84 Å². The Morgan fingerprint density at radius 3 is 2.94 bits per heavy atom. The van der Waals surface area contributed by atoms with Crippen LogP contribution in [0, 0.1) is 5.92 Å². The molecule has 2 rings (SSSR count). The fraction of sp³-hybridized carbons (Fsp3) is 0.833. The van der Waals surface area contributed by atoms with Crippen LogP contribution in [-0.2, 0) is 14.3 Å². The Balaban J connectivity index is 1.85. The Bertz CT molecular complexity index is 299. The molecule has 5 nitrogen and oxygen atoms in total. The topological polar surface area (TPSA) is 66.8 Å². The van der Waals surface area contributed by atoms with Gasteiger partial charge in [0, 0.05) is 25.5 Å². The minimum atomic E-state index is -0.822. The summed E-state index contributed by atoms with van der Waals surface area (Å²) in [6, 6.07) is 0.214. The van der Waals surface area contributed by atoms with E-state index >= 15 is 0 Å². The summed E-state index contributed by atoms with van der Waals surface area (Å²) in [6.45, 7) is 2.19. The lowest BCUT2D eigenvalue weighted by Gasteiger charge is -2.31. The van der Waals surface area contributed by atoms with E-state index in [0.717, 1.165) is 32.4 Å². The molecular weight excluding hydrogens is 222 g/mol. The van der Waals surface area contributed by atoms with Crippen molar-refractivity contribution in [3.8, 4) is 0 Å². The third kappa shape index (κ3) is 2.97. The summed E-state index contributed by atoms with van der Waals surface area (Å²) >= 11 is 0. The van der Waals surface area contributed by atoms with Gasteiger partial charge in [-0.3, -0.25) is 9.59 Å². The number of aliphatic carboxylic acids is 1. The molecule has 2 aliphatic heterocycles. The molecule has 2 atom stereocenters. The number of carbonyl (C=O) groups excluding carboxylic acids is 1. The van der Waals surface area contributed by atoms with E-state index in [1.54, 1.807) is 0 Å². The predicted octanol–water partition coefficient (Wildman–Crippen LogP) is 0.879. The molecule has 2 heterocycles. The van der Waals surface area contributed by atoms with Crippen LogP contribution in [0.15, 0.2) is 0 Å². The molecule has 0 saturated carbocycles. The molecule has 2 saturated heterocycles. The lowest BCUT2D eigenvalue weighted by Crippen LogP contribution is -2.42. The standard InChI is InChI=1S/C12H19NO4/c14-11(15)4-3-9-5-6-13(12(9)16)10-2-1-7-17-8-10/h9-10H,1-8H2,(H,14,15). The van der Waals surface area contributed by atoms with E-state index in [1.165, 1.54) is 0 Å². The van der Waals surface area contributed by atoms with Gasteiger partial charge in [0.1, 0.15) is 0 Å². The Kier molecular flexibility index (Phi) is 3.99. The first-order valence-electron chi connectivity index (χ1n) is 6.28. The van der Waals surface area contributed by atoms with Gasteiger partial charge in [-0.2, -0.15) is 0 Å². The van der Waals surface area contributed by atoms with Gasteiger partial charge in [-0.1, -0.05) is 0 Å². The zero-order valence-electron chi connectivity index (χ0n) is 9.93. The average Bonchev–Trinajstić information content (AvgIpc) is 2.69. The summed E-state index contributed by atoms with van der Waals surface area (Å²) in [5, 5.41) is 8.63. The molecule has 1 amide bonds. The Morgan fingerprint density at radius 1 is 1.47 bits per heavy atom. The maximum Gasteiger partial charge on any atom is 0.303 e. The minimum absolute atomic E-state index is 0.0887. The first kappa shape index (κ1) is 12.4. The number of carbonyl (C=O) groups is 2. The number of carboxylic acids is 1. The zero-order valence-corrected chi connectivity index (χ0v) is 9.93. The van der Waals surface area contributed by atoms with Crippen LogP contribution in [0.2, 0.25) is 0 Å². The maximum atomic E-state index is 12.1. The molecule has 0 bridgehead atoms. The van der Waals surface area contributed by atoms with Crippen molar-refractivity contribution in [2.75, 3.05) is 19.8 Å². The van der Waals surface area contributed by atoms with E-state index in [0.29, 0.717) is 13.0 Å². The molecule has 0 spiro atoms. The van der Waals surface area contributed by atoms with Crippen LogP contribution >= 0.6 is 0 Å². The van der Waals surface area contributed by atoms with Crippen LogP contribution in [-0.4, -0.2) is 47.7 Å². The number of amides is 1. The Morgan fingerprint density at radius 2 is 2.29 bits per heavy atom. The molecule has 1 N–H and O–H groups in total. The van der Waals surface area contributed by atoms with Gasteiger partial charge in [-0.05, 0) is 25.7 Å². The van der Waals surface area contributed by atoms with Crippen molar-refractivity contribution >= 4 is 11.9 Å². The van der Waals surface area contributed by atoms with Gasteiger partial charge in [0.2, 0.25) is 5.91 Å². The van der Waals surface area contributed by atoms with E-state index in [-0.39, 0.29) is 24.3 Å². The first-order chi connectivity index (χ1) is 8.18. The van der Waals surface area contributed by atoms with E-state index in [2.05, 4.69) is 0 Å². The highest BCUT2D eigenvalue weighted by Gasteiger charge is 2.36. The second kappa shape index (κ2) is 5.49. The van der Waals surface area contributed by atoms with Crippen LogP contribution in [0.1, 0.15) is 32.1 Å². The molecular formula is C12H19NO4. The molecule has 17 heavy (non-hydrogen) atoms. The number of likely N-dealkylation sites (tertiary alicyclic amines) is 1. The smallest absolute Gasteiger partial charge is 0.303 e. The van der Waals surface area contributed by atoms with Crippen LogP contribution in [0.3, 0.4) is 0 Å². The van der Waals surface area contributed by atoms with Gasteiger partial charge in [0.05, 0.1) is 12.6 Å². The third-order valence-electron chi connectivity index (χ3n) is 3.63. The van der Waals surface area contributed by atoms with E-state index in [9.17, 15) is 9.59 Å². The molecule has 0 radical (unpaired) electrons. The third-order valence-corrected chi connectivity index (χ3v) is 3.63. The highest BCUT2D eigenvalue weighted by atomic mass is 16.5. The predicted molar refractivity (Wildman–Crippen MR) is 60.5 cm³/mol. The molecule has 96 valence electrons. The van der Waals surface area contributed by atoms with Crippen LogP contribution in [0.4, 0.5) is 0 Å². The highest BCUT2D eigenvalue weighted by Crippen LogP contribution is 2.27. The summed E-state index contributed by atoms with van der Waals surface area (Å²) in [6.07, 6.45) is 3.37. The summed E-state index contributed by atoms with van der Waals surface area (Å²) in [5.74, 6) is -0.785. The minimum Gasteiger partial charge on any atom is -0.481 e. The number of ether oxygens (including phenoxy) is 1. The molecule has 0 aromatic carbocycles. The summed E-state index contributed by atoms with van der Waals surface area (Å²) < 4.78 is 5.39. The van der Waals surface area contributed by atoms with Gasteiger partial charge in [0.15, 0.2) is 0 Å². The average molecular weight is 241 g/mol. The van der Waals surface area contributed by atoms with Crippen molar-refractivity contribution in [3.05, 3.63) is 0 Å². The molecule has 0 aromatic heterocycles. The second-order valence-electron chi connectivity index (χ2n) is 4.82. The molecule has 2 unspecified atom stereocenters. The van der Waals surface area contributed by atoms with Gasteiger partial charge in [-0.25, -0.2) is 0 Å². The van der Waals surface area contributed by atoms with Gasteiger partial charge >= 0.3 is 5.97 Å². The van der Waals surface area contributed by atoms with Crippen molar-refractivity contribution in [1.82, 2.24) is 4.90 Å². The highest BCUT2D eigenvalue weighted by molar-refractivity contribution is 5.81. The SMILES string of the molecule is O=C(O)CCC1CCN(C2CCCOC2)C1=O. The normalized spacial score (nSPS) is 29.6. The van der Waals surface area contributed by atoms with Gasteiger partial charge in [-0.15, -0.1) is 0 Å². The number of nitrogens with zero attached hydrogens (tertiary/aromatic N) is 1. The van der Waals surface area contributed by atoms with Gasteiger partial charge < -0.3 is 14.7 Å². The summed E-state index contributed by atoms with van der Waals surface area (Å²) in [5.41, 5.74) is 0. The Hall–Kier alpha value is -1.10. The molecule has 0 aromatic rings. The molecule has 2 fully saturated rings. The van der Waals surface area contributed by atoms with Crippen molar-refractivity contribution in [2.45, 2.75) is 38.1 Å². The maximum absolute atomic E-state index is 12.1. The fourth-order valence-corrected chi connectivity index (χ4v) is 2.66. The van der Waals surface area contributed by atoms with Crippen molar-refractivity contribution < 1.29 is 19.4 Å². The number of carboxylic acid groups (broad SMARTS) is 1. The van der Waals surface area contributed by atoms with Crippen LogP contribution < -0.4 is 0 Å². The monoisotopic (exact) mass is 241 g/mol. The molecule has 0 aliphatic carbocycles. The lowest BCUT2D eigenvalue weighted by atomic mass is 10.0. The van der Waals surface area contributed by atoms with Crippen LogP contribution in [0.25, 0.3) is 0 Å². The summed E-state index contributed by atoms with van der Waals surface area (Å²) in [4.78, 5) is 24.5. The first-order valence-corrected chi connectivity index (χ1v) is 6.28. The van der Waals surface area contributed by atoms with Crippen molar-refractivity contribution in [3.63, 3.8) is 0 Å². The number of rotatable bonds is 4. The van der Waals surface area contributed by atoms with E-state index < -0.39 is 5.97 Å². The van der Waals surface area contributed by atoms with Crippen LogP contribution in [0.5, 0.6) is 0 Å². The van der Waals surface area contributed by atoms with Crippen molar-refractivity contribution in [1.29, 1.82) is 0 Å². The van der Waals surface area contributed by atoms with Crippen molar-refractivity contribution in [2.24, 2.45) is 5.92 Å². The lowest BCUT2D eigenvalue weighted by molar-refractivity contribution is -0.138. The fourth-order valence-electron chi connectivity index (χ4n) is 2.66. The zero-order chi connectivity index (χ0) is 12.3.